The lowest BCUT2D eigenvalue weighted by atomic mass is 9.84. The summed E-state index contributed by atoms with van der Waals surface area (Å²) >= 11 is 0. The second-order valence-electron chi connectivity index (χ2n) is 16.0. The molecule has 0 aromatic heterocycles. The smallest absolute Gasteiger partial charge is 0.249 e. The zero-order valence-electron chi connectivity index (χ0n) is 32.2. The molecule has 48 heavy (non-hydrogen) atoms. The van der Waals surface area contributed by atoms with Crippen molar-refractivity contribution in [3.8, 4) is 0 Å². The zero-order valence-corrected chi connectivity index (χ0v) is 32.2. The van der Waals surface area contributed by atoms with E-state index in [1.807, 2.05) is 46.8 Å². The minimum atomic E-state index is -0.729. The highest BCUT2D eigenvalue weighted by molar-refractivity contribution is 5.97. The van der Waals surface area contributed by atoms with E-state index in [-0.39, 0.29) is 47.7 Å². The van der Waals surface area contributed by atoms with E-state index in [0.717, 1.165) is 45.1 Å². The summed E-state index contributed by atoms with van der Waals surface area (Å²) in [5.74, 6) is -0.578. The first kappa shape index (κ1) is 41.2. The standard InChI is InChI=1S/C39H67N5O4/c1-26(2)17-15-18-29(7)21-22-40-35(45)31-20-16-24-44(31)37(47)30(8)25-33(27(3)4)42(12)38(48)34(39(9,10)11)41-36(46)32-19-13-14-23-43(32)28(5)6/h17,21,25,27-28,31-34H,13-16,18-20,22-24H2,1-12H3,(H,40,45)(H,41,46)/b29-21+,30-25+/t31-,32+,33+,34+/m0/s1. The van der Waals surface area contributed by atoms with Crippen molar-refractivity contribution < 1.29 is 19.2 Å². The van der Waals surface area contributed by atoms with Crippen molar-refractivity contribution in [2.75, 3.05) is 26.7 Å². The Balaban J connectivity index is 2.17. The first-order valence-corrected chi connectivity index (χ1v) is 18.3. The maximum absolute atomic E-state index is 14.2. The molecular formula is C39H67N5O4. The monoisotopic (exact) mass is 670 g/mol. The SMILES string of the molecule is CC(C)=CCC/C(C)=C/CNC(=O)[C@@H]1CCCN1C(=O)/C(C)=C/[C@H](C(C)C)N(C)C(=O)[C@@H](NC(=O)[C@H]1CCCCN1C(C)C)C(C)(C)C. The summed E-state index contributed by atoms with van der Waals surface area (Å²) in [6.07, 6.45) is 12.3. The third-order valence-electron chi connectivity index (χ3n) is 9.78. The van der Waals surface area contributed by atoms with E-state index >= 15 is 0 Å². The number of hydrogen-bond acceptors (Lipinski definition) is 5. The van der Waals surface area contributed by atoms with Crippen LogP contribution >= 0.6 is 0 Å². The van der Waals surface area contributed by atoms with Gasteiger partial charge in [0.2, 0.25) is 23.6 Å². The van der Waals surface area contributed by atoms with Crippen LogP contribution in [0.1, 0.15) is 121 Å². The summed E-state index contributed by atoms with van der Waals surface area (Å²) in [7, 11) is 1.76. The molecule has 2 rings (SSSR count). The number of rotatable bonds is 14. The molecule has 4 amide bonds. The number of nitrogens with one attached hydrogen (secondary N) is 2. The molecule has 2 heterocycles. The van der Waals surface area contributed by atoms with Crippen LogP contribution in [0, 0.1) is 11.3 Å². The van der Waals surface area contributed by atoms with Crippen molar-refractivity contribution in [2.45, 2.75) is 151 Å². The van der Waals surface area contributed by atoms with Crippen molar-refractivity contribution >= 4 is 23.6 Å². The van der Waals surface area contributed by atoms with Crippen LogP contribution in [0.15, 0.2) is 34.9 Å². The van der Waals surface area contributed by atoms with Crippen molar-refractivity contribution in [1.82, 2.24) is 25.3 Å². The van der Waals surface area contributed by atoms with E-state index < -0.39 is 17.5 Å². The molecule has 0 aromatic rings. The van der Waals surface area contributed by atoms with Gasteiger partial charge in [-0.25, -0.2) is 0 Å². The number of likely N-dealkylation sites (tertiary alicyclic amines) is 2. The number of allylic oxidation sites excluding steroid dienone is 3. The molecule has 2 aliphatic heterocycles. The van der Waals surface area contributed by atoms with Crippen LogP contribution in [-0.2, 0) is 19.2 Å². The highest BCUT2D eigenvalue weighted by Gasteiger charge is 2.40. The Morgan fingerprint density at radius 2 is 1.52 bits per heavy atom. The van der Waals surface area contributed by atoms with E-state index in [1.165, 1.54) is 11.1 Å². The molecule has 2 N–H and O–H groups in total. The molecule has 0 spiro atoms. The quantitative estimate of drug-likeness (QED) is 0.174. The Hall–Kier alpha value is -2.94. The lowest BCUT2D eigenvalue weighted by molar-refractivity contribution is -0.142. The predicted molar refractivity (Wildman–Crippen MR) is 196 cm³/mol. The number of nitrogens with zero attached hydrogens (tertiary/aromatic N) is 3. The van der Waals surface area contributed by atoms with Crippen LogP contribution in [-0.4, -0.2) is 95.2 Å². The number of piperidine rings is 1. The lowest BCUT2D eigenvalue weighted by Gasteiger charge is -2.41. The minimum Gasteiger partial charge on any atom is -0.351 e. The molecule has 0 bridgehead atoms. The van der Waals surface area contributed by atoms with Crippen LogP contribution in [0.2, 0.25) is 0 Å². The average Bonchev–Trinajstić information content (AvgIpc) is 3.50. The molecule has 9 nitrogen and oxygen atoms in total. The highest BCUT2D eigenvalue weighted by Crippen LogP contribution is 2.27. The van der Waals surface area contributed by atoms with Crippen LogP contribution in [0.4, 0.5) is 0 Å². The molecule has 0 radical (unpaired) electrons. The second kappa shape index (κ2) is 18.7. The van der Waals surface area contributed by atoms with Gasteiger partial charge in [0.15, 0.2) is 0 Å². The maximum atomic E-state index is 14.2. The van der Waals surface area contributed by atoms with Crippen molar-refractivity contribution in [3.63, 3.8) is 0 Å². The van der Waals surface area contributed by atoms with Crippen molar-refractivity contribution in [2.24, 2.45) is 11.3 Å². The van der Waals surface area contributed by atoms with Gasteiger partial charge in [0.1, 0.15) is 12.1 Å². The molecule has 0 aliphatic carbocycles. The molecule has 0 saturated carbocycles. The van der Waals surface area contributed by atoms with E-state index in [0.29, 0.717) is 25.1 Å². The van der Waals surface area contributed by atoms with Gasteiger partial charge in [-0.3, -0.25) is 24.1 Å². The zero-order chi connectivity index (χ0) is 36.3. The fraction of sp³-hybridized carbons (Fsp3) is 0.744. The van der Waals surface area contributed by atoms with Crippen molar-refractivity contribution in [1.29, 1.82) is 0 Å². The second-order valence-corrected chi connectivity index (χ2v) is 16.0. The third kappa shape index (κ3) is 11.9. The summed E-state index contributed by atoms with van der Waals surface area (Å²) in [6, 6.07) is -1.62. The van der Waals surface area contributed by atoms with Gasteiger partial charge in [0, 0.05) is 31.8 Å². The predicted octanol–water partition coefficient (Wildman–Crippen LogP) is 6.01. The van der Waals surface area contributed by atoms with Gasteiger partial charge in [-0.05, 0) is 97.9 Å². The Morgan fingerprint density at radius 1 is 0.875 bits per heavy atom. The van der Waals surface area contributed by atoms with Crippen LogP contribution < -0.4 is 10.6 Å². The Labute approximate surface area is 292 Å². The number of hydrogen-bond donors (Lipinski definition) is 2. The highest BCUT2D eigenvalue weighted by atomic mass is 16.2. The van der Waals surface area contributed by atoms with E-state index in [9.17, 15) is 19.2 Å². The van der Waals surface area contributed by atoms with Gasteiger partial charge in [-0.1, -0.05) is 70.4 Å². The fourth-order valence-corrected chi connectivity index (χ4v) is 6.81. The van der Waals surface area contributed by atoms with Crippen LogP contribution in [0.3, 0.4) is 0 Å². The van der Waals surface area contributed by atoms with Crippen molar-refractivity contribution in [3.05, 3.63) is 34.9 Å². The molecule has 4 atom stereocenters. The Bertz CT molecular complexity index is 1210. The molecule has 2 aliphatic rings. The Morgan fingerprint density at radius 3 is 2.10 bits per heavy atom. The van der Waals surface area contributed by atoms with Gasteiger partial charge in [-0.15, -0.1) is 0 Å². The fourth-order valence-electron chi connectivity index (χ4n) is 6.81. The largest absolute Gasteiger partial charge is 0.351 e. The number of carbonyl (C=O) groups is 4. The number of amides is 4. The Kier molecular flexibility index (Phi) is 16.1. The summed E-state index contributed by atoms with van der Waals surface area (Å²) in [6.45, 7) is 24.1. The number of carbonyl (C=O) groups excluding carboxylic acids is 4. The van der Waals surface area contributed by atoms with Crippen LogP contribution in [0.25, 0.3) is 0 Å². The number of likely N-dealkylation sites (N-methyl/N-ethyl adjacent to an activating group) is 1. The molecule has 0 aromatic carbocycles. The summed E-state index contributed by atoms with van der Waals surface area (Å²) in [4.78, 5) is 60.3. The van der Waals surface area contributed by atoms with Gasteiger partial charge < -0.3 is 20.4 Å². The van der Waals surface area contributed by atoms with E-state index in [2.05, 4.69) is 56.2 Å². The van der Waals surface area contributed by atoms with E-state index in [1.54, 1.807) is 23.8 Å². The maximum Gasteiger partial charge on any atom is 0.249 e. The molecule has 272 valence electrons. The van der Waals surface area contributed by atoms with Gasteiger partial charge in [0.25, 0.3) is 0 Å². The summed E-state index contributed by atoms with van der Waals surface area (Å²) in [5.41, 5.74) is 2.51. The molecular weight excluding hydrogens is 602 g/mol. The molecule has 2 fully saturated rings. The van der Waals surface area contributed by atoms with Gasteiger partial charge in [-0.2, -0.15) is 0 Å². The topological polar surface area (TPSA) is 102 Å². The summed E-state index contributed by atoms with van der Waals surface area (Å²) < 4.78 is 0. The van der Waals surface area contributed by atoms with Gasteiger partial charge >= 0.3 is 0 Å². The normalized spacial score (nSPS) is 20.8. The molecule has 0 unspecified atom stereocenters. The molecule has 9 heteroatoms. The van der Waals surface area contributed by atoms with Gasteiger partial charge in [0.05, 0.1) is 12.1 Å². The summed E-state index contributed by atoms with van der Waals surface area (Å²) in [5, 5.41) is 6.15. The van der Waals surface area contributed by atoms with E-state index in [4.69, 9.17) is 0 Å². The minimum absolute atomic E-state index is 0.0113. The first-order chi connectivity index (χ1) is 22.4. The average molecular weight is 670 g/mol. The lowest BCUT2D eigenvalue weighted by Crippen LogP contribution is -2.60. The molecule has 2 saturated heterocycles. The third-order valence-corrected chi connectivity index (χ3v) is 9.78. The van der Waals surface area contributed by atoms with Crippen LogP contribution in [0.5, 0.6) is 0 Å². The first-order valence-electron chi connectivity index (χ1n) is 18.3.